The summed E-state index contributed by atoms with van der Waals surface area (Å²) in [7, 11) is 0. The topological polar surface area (TPSA) is 182 Å². The third-order valence-corrected chi connectivity index (χ3v) is 2.20. The molecule has 0 radical (unpaired) electrons. The molecule has 0 unspecified atom stereocenters. The molecule has 0 amide bonds. The standard InChI is InChI=1S/C8H16O9.Na/c9-1-2(10)3(11)4(12)5(13)6(14)7(15)8(16)17;/h2-7,9-15H,1H2,(H,16,17);/q;+1/p-1/t2-,3+,4-,5+,6+,7+;/m0./s1. The number of carbonyl (C=O) groups excluding carboxylic acids is 1. The van der Waals surface area contributed by atoms with Crippen molar-refractivity contribution in [2.75, 3.05) is 6.61 Å². The van der Waals surface area contributed by atoms with E-state index in [-0.39, 0.29) is 29.6 Å². The van der Waals surface area contributed by atoms with E-state index < -0.39 is 49.2 Å². The maximum atomic E-state index is 10.2. The van der Waals surface area contributed by atoms with Crippen LogP contribution in [-0.4, -0.2) is 84.9 Å². The van der Waals surface area contributed by atoms with Crippen molar-refractivity contribution in [3.8, 4) is 0 Å². The minimum Gasteiger partial charge on any atom is -0.547 e. The number of carboxylic acids is 1. The number of carboxylic acid groups (broad SMARTS) is 1. The summed E-state index contributed by atoms with van der Waals surface area (Å²) in [6.07, 6.45) is -13.0. The number of rotatable bonds is 7. The molecule has 0 heterocycles. The molecule has 18 heavy (non-hydrogen) atoms. The normalized spacial score (nSPS) is 21.1. The van der Waals surface area contributed by atoms with E-state index in [2.05, 4.69) is 0 Å². The fraction of sp³-hybridized carbons (Fsp3) is 0.875. The smallest absolute Gasteiger partial charge is 0.547 e. The summed E-state index contributed by atoms with van der Waals surface area (Å²) in [5.41, 5.74) is 0. The van der Waals surface area contributed by atoms with Gasteiger partial charge >= 0.3 is 29.6 Å². The summed E-state index contributed by atoms with van der Waals surface area (Å²) in [5.74, 6) is -2.08. The third kappa shape index (κ3) is 5.45. The Morgan fingerprint density at radius 2 is 1.28 bits per heavy atom. The van der Waals surface area contributed by atoms with Gasteiger partial charge in [0.25, 0.3) is 0 Å². The number of hydrogen-bond acceptors (Lipinski definition) is 9. The zero-order valence-corrected chi connectivity index (χ0v) is 11.6. The Morgan fingerprint density at radius 1 is 0.889 bits per heavy atom. The Morgan fingerprint density at radius 3 is 1.61 bits per heavy atom. The van der Waals surface area contributed by atoms with Gasteiger partial charge in [0, 0.05) is 0 Å². The molecule has 0 fully saturated rings. The minimum absolute atomic E-state index is 0. The van der Waals surface area contributed by atoms with Crippen LogP contribution in [0.2, 0.25) is 0 Å². The molecule has 0 saturated carbocycles. The van der Waals surface area contributed by atoms with Gasteiger partial charge in [-0.1, -0.05) is 0 Å². The van der Waals surface area contributed by atoms with Crippen molar-refractivity contribution in [3.05, 3.63) is 0 Å². The maximum absolute atomic E-state index is 10.2. The number of aliphatic hydroxyl groups excluding tert-OH is 7. The van der Waals surface area contributed by atoms with Crippen LogP contribution in [0, 0.1) is 0 Å². The number of hydrogen-bond donors (Lipinski definition) is 7. The molecule has 7 N–H and O–H groups in total. The summed E-state index contributed by atoms with van der Waals surface area (Å²) in [5, 5.41) is 73.1. The summed E-state index contributed by atoms with van der Waals surface area (Å²) < 4.78 is 0. The number of carbonyl (C=O) groups is 1. The fourth-order valence-corrected chi connectivity index (χ4v) is 1.07. The van der Waals surface area contributed by atoms with Crippen molar-refractivity contribution in [2.24, 2.45) is 0 Å². The van der Waals surface area contributed by atoms with Crippen molar-refractivity contribution >= 4 is 5.97 Å². The zero-order chi connectivity index (χ0) is 13.7. The first kappa shape index (κ1) is 20.5. The molecule has 102 valence electrons. The van der Waals surface area contributed by atoms with Crippen molar-refractivity contribution < 1.29 is 75.2 Å². The van der Waals surface area contributed by atoms with E-state index in [1.807, 2.05) is 0 Å². The van der Waals surface area contributed by atoms with Crippen LogP contribution < -0.4 is 34.7 Å². The van der Waals surface area contributed by atoms with Crippen LogP contribution in [0.15, 0.2) is 0 Å². The van der Waals surface area contributed by atoms with Gasteiger partial charge in [-0.15, -0.1) is 0 Å². The van der Waals surface area contributed by atoms with Crippen LogP contribution in [0.3, 0.4) is 0 Å². The Balaban J connectivity index is 0. The van der Waals surface area contributed by atoms with Crippen LogP contribution in [0.5, 0.6) is 0 Å². The van der Waals surface area contributed by atoms with Crippen LogP contribution in [0.25, 0.3) is 0 Å². The van der Waals surface area contributed by atoms with Crippen molar-refractivity contribution in [1.29, 1.82) is 0 Å². The molecule has 0 aliphatic carbocycles. The Labute approximate surface area is 124 Å². The monoisotopic (exact) mass is 278 g/mol. The Hall–Kier alpha value is 0.190. The maximum Gasteiger partial charge on any atom is 1.00 e. The molecule has 0 spiro atoms. The summed E-state index contributed by atoms with van der Waals surface area (Å²) >= 11 is 0. The van der Waals surface area contributed by atoms with Crippen LogP contribution in [-0.2, 0) is 4.79 Å². The molecule has 0 bridgehead atoms. The van der Waals surface area contributed by atoms with Gasteiger partial charge in [-0.3, -0.25) is 0 Å². The van der Waals surface area contributed by atoms with Gasteiger partial charge in [0.2, 0.25) is 0 Å². The van der Waals surface area contributed by atoms with E-state index in [9.17, 15) is 20.1 Å². The van der Waals surface area contributed by atoms with E-state index in [1.54, 1.807) is 0 Å². The van der Waals surface area contributed by atoms with Crippen LogP contribution in [0.1, 0.15) is 0 Å². The van der Waals surface area contributed by atoms with Gasteiger partial charge in [0.1, 0.15) is 36.6 Å². The fourth-order valence-electron chi connectivity index (χ4n) is 1.07. The van der Waals surface area contributed by atoms with Gasteiger partial charge in [-0.05, 0) is 0 Å². The third-order valence-electron chi connectivity index (χ3n) is 2.20. The molecule has 0 aromatic heterocycles. The van der Waals surface area contributed by atoms with Gasteiger partial charge < -0.3 is 45.6 Å². The van der Waals surface area contributed by atoms with Crippen molar-refractivity contribution in [2.45, 2.75) is 36.6 Å². The summed E-state index contributed by atoms with van der Waals surface area (Å²) in [6, 6.07) is 0. The Bertz CT molecular complexity index is 251. The predicted octanol–water partition coefficient (Wildman–Crippen LogP) is -9.10. The van der Waals surface area contributed by atoms with E-state index in [4.69, 9.17) is 25.5 Å². The first-order valence-corrected chi connectivity index (χ1v) is 4.64. The minimum atomic E-state index is -2.47. The Kier molecular flexibility index (Phi) is 10.4. The quantitative estimate of drug-likeness (QED) is 0.222. The summed E-state index contributed by atoms with van der Waals surface area (Å²) in [6.45, 7) is -0.927. The first-order chi connectivity index (χ1) is 7.73. The molecule has 0 saturated heterocycles. The molecule has 0 rings (SSSR count). The number of aliphatic carboxylic acids is 1. The number of aliphatic hydroxyl groups is 7. The van der Waals surface area contributed by atoms with E-state index in [1.165, 1.54) is 0 Å². The van der Waals surface area contributed by atoms with Crippen LogP contribution in [0.4, 0.5) is 0 Å². The van der Waals surface area contributed by atoms with E-state index in [0.717, 1.165) is 0 Å². The SMILES string of the molecule is O=C([O-])[C@H](O)[C@H](O)[C@H](O)[C@@H](O)[C@H](O)[C@@H](O)CO.[Na+]. The van der Waals surface area contributed by atoms with E-state index >= 15 is 0 Å². The molecular weight excluding hydrogens is 263 g/mol. The average molecular weight is 278 g/mol. The average Bonchev–Trinajstić information content (AvgIpc) is 2.32. The second-order valence-electron chi connectivity index (χ2n) is 3.48. The van der Waals surface area contributed by atoms with Gasteiger partial charge in [-0.25, -0.2) is 0 Å². The molecule has 6 atom stereocenters. The van der Waals surface area contributed by atoms with Crippen molar-refractivity contribution in [1.82, 2.24) is 0 Å². The van der Waals surface area contributed by atoms with Gasteiger partial charge in [0.15, 0.2) is 0 Å². The molecule has 10 heteroatoms. The molecule has 0 aliphatic heterocycles. The molecule has 0 aliphatic rings. The second kappa shape index (κ2) is 9.15. The molecular formula is C8H15NaO9. The zero-order valence-electron chi connectivity index (χ0n) is 9.62. The van der Waals surface area contributed by atoms with Crippen LogP contribution >= 0.6 is 0 Å². The second-order valence-corrected chi connectivity index (χ2v) is 3.48. The molecule has 0 aromatic carbocycles. The predicted molar refractivity (Wildman–Crippen MR) is 48.1 cm³/mol. The van der Waals surface area contributed by atoms with Gasteiger partial charge in [0.05, 0.1) is 12.6 Å². The van der Waals surface area contributed by atoms with Gasteiger partial charge in [-0.2, -0.15) is 0 Å². The summed E-state index contributed by atoms with van der Waals surface area (Å²) in [4.78, 5) is 10.2. The largest absolute Gasteiger partial charge is 1.00 e. The first-order valence-electron chi connectivity index (χ1n) is 4.64. The van der Waals surface area contributed by atoms with E-state index in [0.29, 0.717) is 0 Å². The molecule has 0 aromatic rings. The molecule has 9 nitrogen and oxygen atoms in total. The van der Waals surface area contributed by atoms with Crippen molar-refractivity contribution in [3.63, 3.8) is 0 Å².